The first-order valence-corrected chi connectivity index (χ1v) is 9.60. The quantitative estimate of drug-likeness (QED) is 0.484. The van der Waals surface area contributed by atoms with E-state index in [1.807, 2.05) is 6.07 Å². The highest BCUT2D eigenvalue weighted by Crippen LogP contribution is 2.35. The van der Waals surface area contributed by atoms with Crippen molar-refractivity contribution in [2.45, 2.75) is 6.61 Å². The van der Waals surface area contributed by atoms with Gasteiger partial charge >= 0.3 is 6.03 Å². The minimum absolute atomic E-state index is 0.180. The van der Waals surface area contributed by atoms with Crippen LogP contribution in [0.5, 0.6) is 11.5 Å². The van der Waals surface area contributed by atoms with Gasteiger partial charge in [0.2, 0.25) is 0 Å². The molecule has 0 atom stereocenters. The largest absolute Gasteiger partial charge is 0.493 e. The van der Waals surface area contributed by atoms with Crippen LogP contribution >= 0.6 is 39.1 Å². The molecule has 1 aliphatic rings. The highest BCUT2D eigenvalue weighted by molar-refractivity contribution is 9.10. The third-order valence-corrected chi connectivity index (χ3v) is 5.47. The smallest absolute Gasteiger partial charge is 0.328 e. The molecular formula is C19H15BrCl2N2O4. The van der Waals surface area contributed by atoms with Gasteiger partial charge in [0.05, 0.1) is 17.2 Å². The lowest BCUT2D eigenvalue weighted by atomic mass is 10.1. The van der Waals surface area contributed by atoms with E-state index in [2.05, 4.69) is 21.2 Å². The van der Waals surface area contributed by atoms with Crippen molar-refractivity contribution in [3.63, 3.8) is 0 Å². The van der Waals surface area contributed by atoms with Gasteiger partial charge < -0.3 is 14.8 Å². The van der Waals surface area contributed by atoms with E-state index in [1.54, 1.807) is 30.3 Å². The summed E-state index contributed by atoms with van der Waals surface area (Å²) in [6, 6.07) is 8.22. The number of nitrogens with zero attached hydrogens (tertiary/aromatic N) is 1. The highest BCUT2D eigenvalue weighted by atomic mass is 79.9. The molecule has 0 aliphatic carbocycles. The zero-order chi connectivity index (χ0) is 20.4. The zero-order valence-electron chi connectivity index (χ0n) is 14.9. The van der Waals surface area contributed by atoms with E-state index in [1.165, 1.54) is 14.2 Å². The molecule has 0 aromatic heterocycles. The number of halogens is 3. The fourth-order valence-corrected chi connectivity index (χ4v) is 3.26. The number of urea groups is 1. The van der Waals surface area contributed by atoms with Crippen LogP contribution in [-0.4, -0.2) is 31.0 Å². The van der Waals surface area contributed by atoms with E-state index in [0.29, 0.717) is 31.6 Å². The molecule has 0 spiro atoms. The van der Waals surface area contributed by atoms with Gasteiger partial charge in [-0.3, -0.25) is 9.69 Å². The van der Waals surface area contributed by atoms with Gasteiger partial charge in [0.15, 0.2) is 11.5 Å². The Morgan fingerprint density at radius 1 is 1.14 bits per heavy atom. The van der Waals surface area contributed by atoms with Gasteiger partial charge in [0.1, 0.15) is 12.3 Å². The number of carbonyl (C=O) groups excluding carboxylic acids is 2. The van der Waals surface area contributed by atoms with Crippen LogP contribution < -0.4 is 14.8 Å². The van der Waals surface area contributed by atoms with Crippen molar-refractivity contribution in [1.82, 2.24) is 10.2 Å². The number of rotatable bonds is 5. The topological polar surface area (TPSA) is 67.9 Å². The number of likely N-dealkylation sites (N-methyl/N-ethyl adjacent to an activating group) is 1. The third-order valence-electron chi connectivity index (χ3n) is 4.04. The van der Waals surface area contributed by atoms with E-state index >= 15 is 0 Å². The maximum atomic E-state index is 12.0. The zero-order valence-corrected chi connectivity index (χ0v) is 18.0. The van der Waals surface area contributed by atoms with Gasteiger partial charge in [-0.15, -0.1) is 0 Å². The monoisotopic (exact) mass is 484 g/mol. The van der Waals surface area contributed by atoms with Gasteiger partial charge in [-0.1, -0.05) is 45.2 Å². The molecule has 1 saturated heterocycles. The van der Waals surface area contributed by atoms with Gasteiger partial charge in [0.25, 0.3) is 5.91 Å². The molecule has 146 valence electrons. The van der Waals surface area contributed by atoms with Crippen molar-refractivity contribution in [1.29, 1.82) is 0 Å². The fraction of sp³-hybridized carbons (Fsp3) is 0.158. The summed E-state index contributed by atoms with van der Waals surface area (Å²) in [5.74, 6) is 0.567. The van der Waals surface area contributed by atoms with E-state index < -0.39 is 11.9 Å². The van der Waals surface area contributed by atoms with Crippen molar-refractivity contribution in [3.05, 3.63) is 61.7 Å². The number of methoxy groups -OCH3 is 1. The van der Waals surface area contributed by atoms with Gasteiger partial charge in [-0.2, -0.15) is 0 Å². The average Bonchev–Trinajstić information content (AvgIpc) is 2.91. The van der Waals surface area contributed by atoms with Crippen LogP contribution in [0.15, 0.2) is 40.5 Å². The molecule has 6 nitrogen and oxygen atoms in total. The molecule has 0 radical (unpaired) electrons. The van der Waals surface area contributed by atoms with Crippen molar-refractivity contribution in [2.24, 2.45) is 0 Å². The lowest BCUT2D eigenvalue weighted by Crippen LogP contribution is -2.25. The maximum Gasteiger partial charge on any atom is 0.328 e. The van der Waals surface area contributed by atoms with E-state index in [4.69, 9.17) is 32.7 Å². The summed E-state index contributed by atoms with van der Waals surface area (Å²) < 4.78 is 11.9. The van der Waals surface area contributed by atoms with Gasteiger partial charge in [0, 0.05) is 11.5 Å². The predicted molar refractivity (Wildman–Crippen MR) is 111 cm³/mol. The number of amides is 3. The van der Waals surface area contributed by atoms with Gasteiger partial charge in [-0.05, 0) is 41.5 Å². The van der Waals surface area contributed by atoms with Crippen LogP contribution in [0, 0.1) is 0 Å². The fourth-order valence-electron chi connectivity index (χ4n) is 2.50. The normalized spacial score (nSPS) is 15.2. The Labute approximate surface area is 180 Å². The Morgan fingerprint density at radius 2 is 1.89 bits per heavy atom. The molecule has 0 unspecified atom stereocenters. The summed E-state index contributed by atoms with van der Waals surface area (Å²) in [6.45, 7) is 0.263. The molecule has 0 bridgehead atoms. The van der Waals surface area contributed by atoms with Crippen molar-refractivity contribution in [2.75, 3.05) is 14.2 Å². The minimum atomic E-state index is -0.471. The number of ether oxygens (including phenoxy) is 2. The second-order valence-corrected chi connectivity index (χ2v) is 7.58. The molecule has 3 amide bonds. The SMILES string of the molecule is COc1cc(/C=C2/NC(=O)N(C)C2=O)c(Br)cc1OCc1ccc(Cl)c(Cl)c1. The Morgan fingerprint density at radius 3 is 2.50 bits per heavy atom. The standard InChI is InChI=1S/C19H15BrCl2N2O4/c1-24-18(25)15(23-19(24)26)6-11-7-16(27-2)17(8-12(11)20)28-9-10-3-4-13(21)14(22)5-10/h3-8H,9H2,1-2H3,(H,23,26)/b15-6+. The Bertz CT molecular complexity index is 994. The van der Waals surface area contributed by atoms with Crippen LogP contribution in [-0.2, 0) is 11.4 Å². The van der Waals surface area contributed by atoms with Crippen molar-refractivity contribution >= 4 is 57.1 Å². The molecule has 3 rings (SSSR count). The van der Waals surface area contributed by atoms with Crippen LogP contribution in [0.4, 0.5) is 4.79 Å². The number of imide groups is 1. The Balaban J connectivity index is 1.84. The first-order chi connectivity index (χ1) is 13.3. The summed E-state index contributed by atoms with van der Waals surface area (Å²) in [5, 5.41) is 3.44. The molecule has 0 saturated carbocycles. The molecule has 2 aromatic rings. The second kappa shape index (κ2) is 8.43. The number of nitrogens with one attached hydrogen (secondary N) is 1. The average molecular weight is 486 g/mol. The first kappa shape index (κ1) is 20.5. The number of hydrogen-bond acceptors (Lipinski definition) is 4. The lowest BCUT2D eigenvalue weighted by molar-refractivity contribution is -0.121. The summed E-state index contributed by atoms with van der Waals surface area (Å²) in [6.07, 6.45) is 1.57. The minimum Gasteiger partial charge on any atom is -0.493 e. The van der Waals surface area contributed by atoms with E-state index in [9.17, 15) is 9.59 Å². The summed E-state index contributed by atoms with van der Waals surface area (Å²) in [7, 11) is 2.93. The number of benzene rings is 2. The lowest BCUT2D eigenvalue weighted by Gasteiger charge is -2.13. The predicted octanol–water partition coefficient (Wildman–Crippen LogP) is 4.87. The van der Waals surface area contributed by atoms with Gasteiger partial charge in [-0.25, -0.2) is 4.79 Å². The molecule has 28 heavy (non-hydrogen) atoms. The van der Waals surface area contributed by atoms with Crippen molar-refractivity contribution < 1.29 is 19.1 Å². The van der Waals surface area contributed by atoms with E-state index in [0.717, 1.165) is 10.5 Å². The number of hydrogen-bond donors (Lipinski definition) is 1. The van der Waals surface area contributed by atoms with Crippen LogP contribution in [0.2, 0.25) is 10.0 Å². The summed E-state index contributed by atoms with van der Waals surface area (Å²) in [4.78, 5) is 24.6. The van der Waals surface area contributed by atoms with Crippen LogP contribution in [0.3, 0.4) is 0 Å². The maximum absolute atomic E-state index is 12.0. The molecule has 9 heteroatoms. The van der Waals surface area contributed by atoms with Crippen LogP contribution in [0.25, 0.3) is 6.08 Å². The van der Waals surface area contributed by atoms with Crippen LogP contribution in [0.1, 0.15) is 11.1 Å². The summed E-state index contributed by atoms with van der Waals surface area (Å²) in [5.41, 5.74) is 1.68. The third kappa shape index (κ3) is 4.27. The highest BCUT2D eigenvalue weighted by Gasteiger charge is 2.30. The molecule has 1 fully saturated rings. The second-order valence-electron chi connectivity index (χ2n) is 5.91. The number of carbonyl (C=O) groups is 2. The molecule has 1 N–H and O–H groups in total. The molecule has 2 aromatic carbocycles. The summed E-state index contributed by atoms with van der Waals surface area (Å²) >= 11 is 15.4. The Hall–Kier alpha value is -2.22. The molecule has 1 aliphatic heterocycles. The Kier molecular flexibility index (Phi) is 6.17. The van der Waals surface area contributed by atoms with Crippen molar-refractivity contribution in [3.8, 4) is 11.5 Å². The molecular weight excluding hydrogens is 471 g/mol. The molecule has 1 heterocycles. The first-order valence-electron chi connectivity index (χ1n) is 8.05. The van der Waals surface area contributed by atoms with E-state index in [-0.39, 0.29) is 12.3 Å².